The van der Waals surface area contributed by atoms with Gasteiger partial charge in [-0.2, -0.15) is 0 Å². The van der Waals surface area contributed by atoms with Crippen molar-refractivity contribution in [3.05, 3.63) is 23.8 Å². The van der Waals surface area contributed by atoms with E-state index in [1.54, 1.807) is 14.0 Å². The largest absolute Gasteiger partial charge is 0.454 e. The van der Waals surface area contributed by atoms with Gasteiger partial charge in [0.1, 0.15) is 0 Å². The highest BCUT2D eigenvalue weighted by atomic mass is 16.7. The SMILES string of the molecule is CCOC(=O)NC(CNC(=NC)NCc1ccc2c(c1)OCO2)CC(C)C. The Labute approximate surface area is 160 Å². The Morgan fingerprint density at radius 2 is 2.04 bits per heavy atom. The molecule has 2 rings (SSSR count). The number of hydrogen-bond acceptors (Lipinski definition) is 5. The minimum absolute atomic E-state index is 0.0480. The van der Waals surface area contributed by atoms with Gasteiger partial charge in [-0.25, -0.2) is 4.79 Å². The van der Waals surface area contributed by atoms with Gasteiger partial charge in [0.2, 0.25) is 6.79 Å². The fourth-order valence-corrected chi connectivity index (χ4v) is 2.78. The number of benzene rings is 1. The number of amides is 1. The van der Waals surface area contributed by atoms with E-state index < -0.39 is 6.09 Å². The molecule has 0 bridgehead atoms. The van der Waals surface area contributed by atoms with E-state index in [0.29, 0.717) is 31.6 Å². The number of fused-ring (bicyclic) bond motifs is 1. The fourth-order valence-electron chi connectivity index (χ4n) is 2.78. The van der Waals surface area contributed by atoms with Crippen LogP contribution in [0.25, 0.3) is 0 Å². The number of guanidine groups is 1. The standard InChI is InChI=1S/C19H30N4O4/c1-5-25-19(24)23-15(8-13(2)3)11-22-18(20-4)21-10-14-6-7-16-17(9-14)27-12-26-16/h6-7,9,13,15H,5,8,10-12H2,1-4H3,(H,23,24)(H2,20,21,22). The quantitative estimate of drug-likeness (QED) is 0.475. The second-order valence-electron chi connectivity index (χ2n) is 6.69. The van der Waals surface area contributed by atoms with Crippen molar-refractivity contribution in [2.45, 2.75) is 39.8 Å². The first-order valence-electron chi connectivity index (χ1n) is 9.28. The van der Waals surface area contributed by atoms with E-state index >= 15 is 0 Å². The molecule has 1 heterocycles. The number of alkyl carbamates (subject to hydrolysis) is 1. The molecule has 0 aliphatic carbocycles. The van der Waals surface area contributed by atoms with Gasteiger partial charge in [0, 0.05) is 26.2 Å². The average molecular weight is 378 g/mol. The van der Waals surface area contributed by atoms with Crippen LogP contribution in [0.1, 0.15) is 32.8 Å². The molecule has 0 fully saturated rings. The van der Waals surface area contributed by atoms with Gasteiger partial charge < -0.3 is 30.2 Å². The highest BCUT2D eigenvalue weighted by molar-refractivity contribution is 5.79. The van der Waals surface area contributed by atoms with E-state index in [1.165, 1.54) is 0 Å². The third-order valence-corrected chi connectivity index (χ3v) is 3.99. The van der Waals surface area contributed by atoms with Crippen molar-refractivity contribution < 1.29 is 19.0 Å². The molecule has 1 aromatic carbocycles. The van der Waals surface area contributed by atoms with Crippen molar-refractivity contribution >= 4 is 12.1 Å². The predicted octanol–water partition coefficient (Wildman–Crippen LogP) is 2.24. The van der Waals surface area contributed by atoms with Crippen LogP contribution in [0.3, 0.4) is 0 Å². The molecule has 1 aliphatic rings. The Kier molecular flexibility index (Phi) is 8.03. The molecular formula is C19H30N4O4. The van der Waals surface area contributed by atoms with E-state index in [9.17, 15) is 4.79 Å². The highest BCUT2D eigenvalue weighted by Gasteiger charge is 2.16. The third-order valence-electron chi connectivity index (χ3n) is 3.99. The van der Waals surface area contributed by atoms with Gasteiger partial charge in [-0.05, 0) is 37.0 Å². The van der Waals surface area contributed by atoms with Crippen LogP contribution in [-0.4, -0.2) is 45.1 Å². The molecule has 0 aromatic heterocycles. The van der Waals surface area contributed by atoms with Gasteiger partial charge in [-0.3, -0.25) is 4.99 Å². The normalized spacial score (nSPS) is 14.0. The van der Waals surface area contributed by atoms with E-state index in [2.05, 4.69) is 34.8 Å². The smallest absolute Gasteiger partial charge is 0.407 e. The molecule has 1 amide bonds. The maximum atomic E-state index is 11.7. The average Bonchev–Trinajstić information content (AvgIpc) is 3.09. The summed E-state index contributed by atoms with van der Waals surface area (Å²) in [6.45, 7) is 7.79. The van der Waals surface area contributed by atoms with Gasteiger partial charge in [-0.15, -0.1) is 0 Å². The second kappa shape index (κ2) is 10.5. The van der Waals surface area contributed by atoms with Crippen LogP contribution in [0.5, 0.6) is 11.5 Å². The highest BCUT2D eigenvalue weighted by Crippen LogP contribution is 2.32. The number of hydrogen-bond donors (Lipinski definition) is 3. The summed E-state index contributed by atoms with van der Waals surface area (Å²) in [4.78, 5) is 16.0. The van der Waals surface area contributed by atoms with Crippen molar-refractivity contribution in [1.82, 2.24) is 16.0 Å². The van der Waals surface area contributed by atoms with Crippen molar-refractivity contribution in [2.24, 2.45) is 10.9 Å². The topological polar surface area (TPSA) is 93.2 Å². The summed E-state index contributed by atoms with van der Waals surface area (Å²) in [6, 6.07) is 5.79. The monoisotopic (exact) mass is 378 g/mol. The maximum absolute atomic E-state index is 11.7. The molecule has 8 nitrogen and oxygen atoms in total. The zero-order valence-corrected chi connectivity index (χ0v) is 16.5. The molecule has 0 spiro atoms. The Bertz CT molecular complexity index is 649. The molecule has 1 aliphatic heterocycles. The fraction of sp³-hybridized carbons (Fsp3) is 0.579. The van der Waals surface area contributed by atoms with E-state index in [-0.39, 0.29) is 12.8 Å². The minimum Gasteiger partial charge on any atom is -0.454 e. The summed E-state index contributed by atoms with van der Waals surface area (Å²) < 4.78 is 15.7. The number of rotatable bonds is 8. The lowest BCUT2D eigenvalue weighted by Gasteiger charge is -2.22. The number of nitrogens with zero attached hydrogens (tertiary/aromatic N) is 1. The number of aliphatic imine (C=N–C) groups is 1. The minimum atomic E-state index is -0.395. The molecule has 1 atom stereocenters. The van der Waals surface area contributed by atoms with Crippen LogP contribution < -0.4 is 25.4 Å². The van der Waals surface area contributed by atoms with Crippen molar-refractivity contribution in [1.29, 1.82) is 0 Å². The summed E-state index contributed by atoms with van der Waals surface area (Å²) >= 11 is 0. The first-order chi connectivity index (χ1) is 13.0. The van der Waals surface area contributed by atoms with Crippen LogP contribution in [0.4, 0.5) is 4.79 Å². The first kappa shape index (κ1) is 20.7. The molecule has 27 heavy (non-hydrogen) atoms. The Morgan fingerprint density at radius 3 is 2.74 bits per heavy atom. The van der Waals surface area contributed by atoms with Gasteiger partial charge in [0.25, 0.3) is 0 Å². The van der Waals surface area contributed by atoms with Crippen LogP contribution in [0, 0.1) is 5.92 Å². The summed E-state index contributed by atoms with van der Waals surface area (Å²) in [5.74, 6) is 2.63. The number of ether oxygens (including phenoxy) is 3. The molecule has 1 unspecified atom stereocenters. The first-order valence-corrected chi connectivity index (χ1v) is 9.28. The molecule has 3 N–H and O–H groups in total. The van der Waals surface area contributed by atoms with Gasteiger partial charge in [0.05, 0.1) is 6.61 Å². The molecule has 1 aromatic rings. The zero-order chi connectivity index (χ0) is 19.6. The van der Waals surface area contributed by atoms with Crippen LogP contribution in [-0.2, 0) is 11.3 Å². The molecule has 8 heteroatoms. The van der Waals surface area contributed by atoms with Crippen molar-refractivity contribution in [2.75, 3.05) is 27.0 Å². The van der Waals surface area contributed by atoms with Gasteiger partial charge in [-0.1, -0.05) is 19.9 Å². The van der Waals surface area contributed by atoms with Crippen molar-refractivity contribution in [3.63, 3.8) is 0 Å². The van der Waals surface area contributed by atoms with Crippen LogP contribution in [0.15, 0.2) is 23.2 Å². The van der Waals surface area contributed by atoms with E-state index in [1.807, 2.05) is 18.2 Å². The molecule has 0 saturated carbocycles. The lowest BCUT2D eigenvalue weighted by Crippen LogP contribution is -2.47. The van der Waals surface area contributed by atoms with E-state index in [4.69, 9.17) is 14.2 Å². The molecule has 0 saturated heterocycles. The summed E-state index contributed by atoms with van der Waals surface area (Å²) in [6.07, 6.45) is 0.443. The van der Waals surface area contributed by atoms with Gasteiger partial charge in [0.15, 0.2) is 17.5 Å². The predicted molar refractivity (Wildman–Crippen MR) is 104 cm³/mol. The van der Waals surface area contributed by atoms with E-state index in [0.717, 1.165) is 23.5 Å². The lowest BCUT2D eigenvalue weighted by molar-refractivity contribution is 0.146. The summed E-state index contributed by atoms with van der Waals surface area (Å²) in [5, 5.41) is 9.41. The zero-order valence-electron chi connectivity index (χ0n) is 16.5. The third kappa shape index (κ3) is 6.88. The Hall–Kier alpha value is -2.64. The Morgan fingerprint density at radius 1 is 1.26 bits per heavy atom. The summed E-state index contributed by atoms with van der Waals surface area (Å²) in [7, 11) is 1.71. The van der Waals surface area contributed by atoms with Crippen LogP contribution in [0.2, 0.25) is 0 Å². The van der Waals surface area contributed by atoms with Gasteiger partial charge >= 0.3 is 6.09 Å². The second-order valence-corrected chi connectivity index (χ2v) is 6.69. The van der Waals surface area contributed by atoms with Crippen molar-refractivity contribution in [3.8, 4) is 11.5 Å². The lowest BCUT2D eigenvalue weighted by atomic mass is 10.0. The van der Waals surface area contributed by atoms with Crippen LogP contribution >= 0.6 is 0 Å². The summed E-state index contributed by atoms with van der Waals surface area (Å²) in [5.41, 5.74) is 1.06. The number of nitrogens with one attached hydrogen (secondary N) is 3. The molecular weight excluding hydrogens is 348 g/mol. The molecule has 150 valence electrons. The maximum Gasteiger partial charge on any atom is 0.407 e. The molecule has 0 radical (unpaired) electrons. The number of carbonyl (C=O) groups excluding carboxylic acids is 1. The number of carbonyl (C=O) groups is 1. The Balaban J connectivity index is 1.84.